The van der Waals surface area contributed by atoms with Crippen LogP contribution >= 0.6 is 0 Å². The molecule has 22 heavy (non-hydrogen) atoms. The highest BCUT2D eigenvalue weighted by Crippen LogP contribution is 2.20. The minimum atomic E-state index is 0.248. The Bertz CT molecular complexity index is 584. The molecule has 0 aromatic carbocycles. The first-order valence-corrected chi connectivity index (χ1v) is 7.65. The third-order valence-corrected chi connectivity index (χ3v) is 3.75. The quantitative estimate of drug-likeness (QED) is 0.876. The van der Waals surface area contributed by atoms with Crippen molar-refractivity contribution in [3.8, 4) is 5.75 Å². The van der Waals surface area contributed by atoms with Gasteiger partial charge in [0.15, 0.2) is 0 Å². The maximum Gasteiger partial charge on any atom is 0.123 e. The fourth-order valence-electron chi connectivity index (χ4n) is 2.78. The third kappa shape index (κ3) is 4.05. The number of hydrogen-bond donors (Lipinski definition) is 1. The molecule has 6 nitrogen and oxygen atoms in total. The summed E-state index contributed by atoms with van der Waals surface area (Å²) < 4.78 is 6.12. The van der Waals surface area contributed by atoms with Crippen molar-refractivity contribution in [2.45, 2.75) is 25.6 Å². The average molecular weight is 301 g/mol. The minimum absolute atomic E-state index is 0.248. The second-order valence-electron chi connectivity index (χ2n) is 6.06. The van der Waals surface area contributed by atoms with Crippen LogP contribution in [0.25, 0.3) is 0 Å². The summed E-state index contributed by atoms with van der Waals surface area (Å²) in [6.45, 7) is 3.74. The van der Waals surface area contributed by atoms with Gasteiger partial charge in [0.2, 0.25) is 0 Å². The zero-order valence-electron chi connectivity index (χ0n) is 13.2. The first-order chi connectivity index (χ1) is 10.7. The lowest BCUT2D eigenvalue weighted by Crippen LogP contribution is -2.24. The van der Waals surface area contributed by atoms with Gasteiger partial charge < -0.3 is 14.6 Å². The number of nitrogens with one attached hydrogen (secondary N) is 1. The Morgan fingerprint density at radius 3 is 3.14 bits per heavy atom. The van der Waals surface area contributed by atoms with Gasteiger partial charge in [0.25, 0.3) is 0 Å². The van der Waals surface area contributed by atoms with Crippen molar-refractivity contribution < 1.29 is 4.74 Å². The van der Waals surface area contributed by atoms with Gasteiger partial charge in [-0.1, -0.05) is 0 Å². The smallest absolute Gasteiger partial charge is 0.123 e. The van der Waals surface area contributed by atoms with E-state index >= 15 is 0 Å². The van der Waals surface area contributed by atoms with Crippen LogP contribution in [0.3, 0.4) is 0 Å². The summed E-state index contributed by atoms with van der Waals surface area (Å²) in [7, 11) is 4.08. The fourth-order valence-corrected chi connectivity index (χ4v) is 2.78. The maximum absolute atomic E-state index is 6.12. The number of likely N-dealkylation sites (tertiary alicyclic amines) is 1. The normalized spacial score (nSPS) is 19.0. The number of aromatic amines is 1. The zero-order chi connectivity index (χ0) is 15.4. The van der Waals surface area contributed by atoms with Gasteiger partial charge >= 0.3 is 0 Å². The molecule has 118 valence electrons. The molecule has 3 heterocycles. The van der Waals surface area contributed by atoms with Crippen molar-refractivity contribution in [1.82, 2.24) is 24.8 Å². The Morgan fingerprint density at radius 2 is 2.36 bits per heavy atom. The molecule has 0 radical (unpaired) electrons. The summed E-state index contributed by atoms with van der Waals surface area (Å²) in [6, 6.07) is 3.98. The Morgan fingerprint density at radius 1 is 1.45 bits per heavy atom. The number of rotatable bonds is 6. The van der Waals surface area contributed by atoms with Crippen molar-refractivity contribution in [3.63, 3.8) is 0 Å². The Labute approximate surface area is 131 Å². The fraction of sp³-hybridized carbons (Fsp3) is 0.500. The van der Waals surface area contributed by atoms with Crippen LogP contribution < -0.4 is 4.74 Å². The van der Waals surface area contributed by atoms with E-state index in [4.69, 9.17) is 4.74 Å². The van der Waals surface area contributed by atoms with E-state index in [0.717, 1.165) is 49.7 Å². The molecule has 2 aromatic heterocycles. The van der Waals surface area contributed by atoms with E-state index < -0.39 is 0 Å². The second-order valence-corrected chi connectivity index (χ2v) is 6.06. The molecule has 0 aliphatic carbocycles. The molecular weight excluding hydrogens is 278 g/mol. The summed E-state index contributed by atoms with van der Waals surface area (Å²) in [4.78, 5) is 16.1. The zero-order valence-corrected chi connectivity index (χ0v) is 13.2. The number of nitrogens with zero attached hydrogens (tertiary/aromatic N) is 4. The van der Waals surface area contributed by atoms with Gasteiger partial charge in [0.05, 0.1) is 12.0 Å². The molecule has 1 unspecified atom stereocenters. The Kier molecular flexibility index (Phi) is 4.70. The predicted octanol–water partition coefficient (Wildman–Crippen LogP) is 1.52. The number of ether oxygens (including phenoxy) is 1. The van der Waals surface area contributed by atoms with Gasteiger partial charge in [0, 0.05) is 50.3 Å². The van der Waals surface area contributed by atoms with Gasteiger partial charge in [-0.15, -0.1) is 0 Å². The van der Waals surface area contributed by atoms with Crippen LogP contribution in [0.15, 0.2) is 30.9 Å². The molecule has 1 saturated heterocycles. The van der Waals surface area contributed by atoms with Crippen molar-refractivity contribution in [2.75, 3.05) is 27.2 Å². The Hall–Kier alpha value is -1.92. The van der Waals surface area contributed by atoms with E-state index in [2.05, 4.69) is 24.8 Å². The summed E-state index contributed by atoms with van der Waals surface area (Å²) in [5.41, 5.74) is 2.19. The van der Waals surface area contributed by atoms with Crippen LogP contribution in [0, 0.1) is 0 Å². The van der Waals surface area contributed by atoms with Crippen LogP contribution in [-0.2, 0) is 13.1 Å². The molecule has 1 aliphatic heterocycles. The second kappa shape index (κ2) is 6.89. The predicted molar refractivity (Wildman–Crippen MR) is 84.5 cm³/mol. The van der Waals surface area contributed by atoms with Crippen LogP contribution in [0.5, 0.6) is 5.75 Å². The van der Waals surface area contributed by atoms with Gasteiger partial charge in [-0.2, -0.15) is 0 Å². The monoisotopic (exact) mass is 301 g/mol. The van der Waals surface area contributed by atoms with Crippen molar-refractivity contribution in [2.24, 2.45) is 0 Å². The Balaban J connectivity index is 1.53. The molecule has 0 amide bonds. The molecule has 1 fully saturated rings. The molecule has 0 saturated carbocycles. The van der Waals surface area contributed by atoms with Gasteiger partial charge in [-0.05, 0) is 26.6 Å². The molecule has 2 aromatic rings. The standard InChI is InChI=1S/C16H23N5O/c1-20(2)9-13-7-15(3-5-18-13)22-16-4-6-21(11-16)10-14-8-17-12-19-14/h3,5,7-8,12,16H,4,6,9-11H2,1-2H3,(H,17,19). The average Bonchev–Trinajstić information content (AvgIpc) is 3.11. The lowest BCUT2D eigenvalue weighted by atomic mass is 10.3. The number of pyridine rings is 1. The topological polar surface area (TPSA) is 57.3 Å². The number of aromatic nitrogens is 3. The van der Waals surface area contributed by atoms with E-state index in [1.54, 1.807) is 6.33 Å². The molecule has 0 bridgehead atoms. The molecular formula is C16H23N5O. The lowest BCUT2D eigenvalue weighted by Gasteiger charge is -2.17. The molecule has 1 aliphatic rings. The summed E-state index contributed by atoms with van der Waals surface area (Å²) in [5, 5.41) is 0. The number of imidazole rings is 1. The van der Waals surface area contributed by atoms with Crippen molar-refractivity contribution in [1.29, 1.82) is 0 Å². The summed E-state index contributed by atoms with van der Waals surface area (Å²) >= 11 is 0. The highest BCUT2D eigenvalue weighted by molar-refractivity contribution is 5.23. The molecule has 3 rings (SSSR count). The molecule has 1 N–H and O–H groups in total. The van der Waals surface area contributed by atoms with E-state index in [-0.39, 0.29) is 6.10 Å². The van der Waals surface area contributed by atoms with Crippen LogP contribution in [0.2, 0.25) is 0 Å². The first kappa shape index (κ1) is 15.0. The van der Waals surface area contributed by atoms with Gasteiger partial charge in [-0.25, -0.2) is 4.98 Å². The third-order valence-electron chi connectivity index (χ3n) is 3.75. The van der Waals surface area contributed by atoms with E-state index in [1.807, 2.05) is 38.6 Å². The van der Waals surface area contributed by atoms with Crippen molar-refractivity contribution >= 4 is 0 Å². The molecule has 6 heteroatoms. The highest BCUT2D eigenvalue weighted by atomic mass is 16.5. The van der Waals surface area contributed by atoms with Crippen LogP contribution in [-0.4, -0.2) is 58.0 Å². The van der Waals surface area contributed by atoms with E-state index in [0.29, 0.717) is 0 Å². The van der Waals surface area contributed by atoms with Crippen LogP contribution in [0.1, 0.15) is 17.8 Å². The minimum Gasteiger partial charge on any atom is -0.489 e. The SMILES string of the molecule is CN(C)Cc1cc(OC2CCN(Cc3cnc[nH]3)C2)ccn1. The van der Waals surface area contributed by atoms with Crippen molar-refractivity contribution in [3.05, 3.63) is 42.2 Å². The van der Waals surface area contributed by atoms with E-state index in [9.17, 15) is 0 Å². The summed E-state index contributed by atoms with van der Waals surface area (Å²) in [5.74, 6) is 0.917. The molecule has 0 spiro atoms. The maximum atomic E-state index is 6.12. The first-order valence-electron chi connectivity index (χ1n) is 7.65. The largest absolute Gasteiger partial charge is 0.489 e. The molecule has 1 atom stereocenters. The van der Waals surface area contributed by atoms with E-state index in [1.165, 1.54) is 0 Å². The highest BCUT2D eigenvalue weighted by Gasteiger charge is 2.24. The number of H-pyrrole nitrogens is 1. The van der Waals surface area contributed by atoms with Crippen LogP contribution in [0.4, 0.5) is 0 Å². The summed E-state index contributed by atoms with van der Waals surface area (Å²) in [6.07, 6.45) is 6.73. The lowest BCUT2D eigenvalue weighted by molar-refractivity contribution is 0.197. The van der Waals surface area contributed by atoms with Gasteiger partial charge in [0.1, 0.15) is 11.9 Å². The van der Waals surface area contributed by atoms with Gasteiger partial charge in [-0.3, -0.25) is 9.88 Å². The number of hydrogen-bond acceptors (Lipinski definition) is 5.